The molecule has 1 rings (SSSR count). The fourth-order valence-electron chi connectivity index (χ4n) is 1.46. The van der Waals surface area contributed by atoms with Gasteiger partial charge in [-0.15, -0.1) is 0 Å². The first-order valence-corrected chi connectivity index (χ1v) is 5.70. The van der Waals surface area contributed by atoms with E-state index < -0.39 is 0 Å². The zero-order valence-corrected chi connectivity index (χ0v) is 10.3. The predicted octanol–water partition coefficient (Wildman–Crippen LogP) is 1.33. The van der Waals surface area contributed by atoms with Crippen molar-refractivity contribution in [1.82, 2.24) is 5.32 Å². The summed E-state index contributed by atoms with van der Waals surface area (Å²) in [6.45, 7) is 2.42. The highest BCUT2D eigenvalue weighted by atomic mass is 16.5. The van der Waals surface area contributed by atoms with Gasteiger partial charge in [0.2, 0.25) is 0 Å². The maximum atomic E-state index is 11.8. The first-order valence-electron chi connectivity index (χ1n) is 5.70. The lowest BCUT2D eigenvalue weighted by atomic mass is 10.1. The molecule has 0 aliphatic rings. The van der Waals surface area contributed by atoms with E-state index in [1.807, 2.05) is 19.1 Å². The average molecular weight is 237 g/mol. The number of rotatable bonds is 6. The quantitative estimate of drug-likeness (QED) is 0.784. The maximum Gasteiger partial charge on any atom is 0.251 e. The van der Waals surface area contributed by atoms with Crippen LogP contribution in [-0.4, -0.2) is 30.8 Å². The molecule has 0 aromatic heterocycles. The monoisotopic (exact) mass is 237 g/mol. The molecule has 4 heteroatoms. The number of nitrogens with one attached hydrogen (secondary N) is 1. The molecule has 0 heterocycles. The number of carbonyl (C=O) groups excluding carboxylic acids is 1. The molecule has 2 N–H and O–H groups in total. The standard InChI is InChI=1S/C13H19NO3/c1-3-12(8-15)14-13(16)11-6-4-10(5-7-11)9-17-2/h4-7,12,15H,3,8-9H2,1-2H3,(H,14,16). The number of benzene rings is 1. The summed E-state index contributed by atoms with van der Waals surface area (Å²) in [5.41, 5.74) is 1.62. The molecular formula is C13H19NO3. The highest BCUT2D eigenvalue weighted by molar-refractivity contribution is 5.94. The van der Waals surface area contributed by atoms with Gasteiger partial charge < -0.3 is 15.2 Å². The van der Waals surface area contributed by atoms with E-state index in [0.717, 1.165) is 5.56 Å². The molecule has 0 radical (unpaired) electrons. The molecule has 17 heavy (non-hydrogen) atoms. The van der Waals surface area contributed by atoms with Crippen LogP contribution in [0.15, 0.2) is 24.3 Å². The second kappa shape index (κ2) is 7.04. The van der Waals surface area contributed by atoms with Crippen molar-refractivity contribution in [2.75, 3.05) is 13.7 Å². The summed E-state index contributed by atoms with van der Waals surface area (Å²) in [6, 6.07) is 7.05. The van der Waals surface area contributed by atoms with Crippen LogP contribution in [0.2, 0.25) is 0 Å². The van der Waals surface area contributed by atoms with Crippen molar-refractivity contribution in [1.29, 1.82) is 0 Å². The van der Waals surface area contributed by atoms with E-state index in [-0.39, 0.29) is 18.6 Å². The molecule has 0 aliphatic heterocycles. The fraction of sp³-hybridized carbons (Fsp3) is 0.462. The van der Waals surface area contributed by atoms with Crippen LogP contribution in [0.1, 0.15) is 29.3 Å². The number of methoxy groups -OCH3 is 1. The molecule has 4 nitrogen and oxygen atoms in total. The Kier molecular flexibility index (Phi) is 5.66. The van der Waals surface area contributed by atoms with E-state index in [4.69, 9.17) is 9.84 Å². The van der Waals surface area contributed by atoms with Gasteiger partial charge in [0.15, 0.2) is 0 Å². The zero-order valence-electron chi connectivity index (χ0n) is 10.3. The highest BCUT2D eigenvalue weighted by Gasteiger charge is 2.10. The van der Waals surface area contributed by atoms with Crippen molar-refractivity contribution >= 4 is 5.91 Å². The number of amides is 1. The average Bonchev–Trinajstić information content (AvgIpc) is 2.37. The minimum atomic E-state index is -0.179. The lowest BCUT2D eigenvalue weighted by Crippen LogP contribution is -2.36. The van der Waals surface area contributed by atoms with Crippen molar-refractivity contribution < 1.29 is 14.6 Å². The van der Waals surface area contributed by atoms with Gasteiger partial charge in [0, 0.05) is 12.7 Å². The van der Waals surface area contributed by atoms with Crippen LogP contribution in [0.3, 0.4) is 0 Å². The van der Waals surface area contributed by atoms with Crippen LogP contribution in [0.25, 0.3) is 0 Å². The first kappa shape index (κ1) is 13.7. The first-order chi connectivity index (χ1) is 8.21. The number of hydrogen-bond acceptors (Lipinski definition) is 3. The zero-order chi connectivity index (χ0) is 12.7. The minimum Gasteiger partial charge on any atom is -0.394 e. The smallest absolute Gasteiger partial charge is 0.251 e. The summed E-state index contributed by atoms with van der Waals surface area (Å²) in [6.07, 6.45) is 0.712. The summed E-state index contributed by atoms with van der Waals surface area (Å²) < 4.78 is 4.99. The largest absolute Gasteiger partial charge is 0.394 e. The van der Waals surface area contributed by atoms with Crippen LogP contribution in [0.5, 0.6) is 0 Å². The molecule has 1 unspecified atom stereocenters. The predicted molar refractivity (Wildman–Crippen MR) is 65.8 cm³/mol. The number of aliphatic hydroxyl groups excluding tert-OH is 1. The maximum absolute atomic E-state index is 11.8. The summed E-state index contributed by atoms with van der Waals surface area (Å²) in [7, 11) is 1.63. The van der Waals surface area contributed by atoms with Crippen LogP contribution >= 0.6 is 0 Å². The molecule has 1 aromatic carbocycles. The summed E-state index contributed by atoms with van der Waals surface area (Å²) >= 11 is 0. The third kappa shape index (κ3) is 4.17. The van der Waals surface area contributed by atoms with Crippen LogP contribution in [-0.2, 0) is 11.3 Å². The Balaban J connectivity index is 2.63. The van der Waals surface area contributed by atoms with E-state index in [2.05, 4.69) is 5.32 Å². The summed E-state index contributed by atoms with van der Waals surface area (Å²) in [5.74, 6) is -0.158. The second-order valence-corrected chi connectivity index (χ2v) is 3.89. The molecule has 94 valence electrons. The number of carbonyl (C=O) groups is 1. The van der Waals surface area contributed by atoms with Crippen molar-refractivity contribution in [2.45, 2.75) is 26.0 Å². The van der Waals surface area contributed by atoms with Crippen molar-refractivity contribution in [3.63, 3.8) is 0 Å². The van der Waals surface area contributed by atoms with E-state index in [1.54, 1.807) is 19.2 Å². The van der Waals surface area contributed by atoms with Gasteiger partial charge in [0.25, 0.3) is 5.91 Å². The van der Waals surface area contributed by atoms with Gasteiger partial charge in [-0.3, -0.25) is 4.79 Å². The summed E-state index contributed by atoms with van der Waals surface area (Å²) in [4.78, 5) is 11.8. The van der Waals surface area contributed by atoms with Gasteiger partial charge in [0.05, 0.1) is 19.3 Å². The number of hydrogen-bond donors (Lipinski definition) is 2. The molecule has 0 aliphatic carbocycles. The lowest BCUT2D eigenvalue weighted by Gasteiger charge is -2.14. The Morgan fingerprint density at radius 3 is 2.53 bits per heavy atom. The Morgan fingerprint density at radius 1 is 1.41 bits per heavy atom. The van der Waals surface area contributed by atoms with E-state index >= 15 is 0 Å². The van der Waals surface area contributed by atoms with Gasteiger partial charge in [-0.05, 0) is 24.1 Å². The van der Waals surface area contributed by atoms with Gasteiger partial charge in [0.1, 0.15) is 0 Å². The Hall–Kier alpha value is -1.39. The van der Waals surface area contributed by atoms with Crippen LogP contribution in [0, 0.1) is 0 Å². The molecule has 1 amide bonds. The van der Waals surface area contributed by atoms with Crippen molar-refractivity contribution in [2.24, 2.45) is 0 Å². The van der Waals surface area contributed by atoms with Gasteiger partial charge in [-0.25, -0.2) is 0 Å². The number of aliphatic hydroxyl groups is 1. The van der Waals surface area contributed by atoms with Crippen molar-refractivity contribution in [3.05, 3.63) is 35.4 Å². The topological polar surface area (TPSA) is 58.6 Å². The molecule has 0 saturated carbocycles. The molecule has 1 atom stereocenters. The van der Waals surface area contributed by atoms with Gasteiger partial charge in [-0.2, -0.15) is 0 Å². The highest BCUT2D eigenvalue weighted by Crippen LogP contribution is 2.06. The van der Waals surface area contributed by atoms with Gasteiger partial charge >= 0.3 is 0 Å². The van der Waals surface area contributed by atoms with E-state index in [1.165, 1.54) is 0 Å². The van der Waals surface area contributed by atoms with Crippen LogP contribution in [0.4, 0.5) is 0 Å². The molecule has 0 spiro atoms. The molecule has 0 bridgehead atoms. The SMILES string of the molecule is CCC(CO)NC(=O)c1ccc(COC)cc1. The second-order valence-electron chi connectivity index (χ2n) is 3.89. The Bertz CT molecular complexity index is 344. The normalized spacial score (nSPS) is 12.2. The fourth-order valence-corrected chi connectivity index (χ4v) is 1.46. The molecular weight excluding hydrogens is 218 g/mol. The van der Waals surface area contributed by atoms with E-state index in [9.17, 15) is 4.79 Å². The Morgan fingerprint density at radius 2 is 2.06 bits per heavy atom. The minimum absolute atomic E-state index is 0.0377. The van der Waals surface area contributed by atoms with Crippen molar-refractivity contribution in [3.8, 4) is 0 Å². The third-order valence-corrected chi connectivity index (χ3v) is 2.58. The van der Waals surface area contributed by atoms with E-state index in [0.29, 0.717) is 18.6 Å². The molecule has 0 fully saturated rings. The van der Waals surface area contributed by atoms with Gasteiger partial charge in [-0.1, -0.05) is 19.1 Å². The lowest BCUT2D eigenvalue weighted by molar-refractivity contribution is 0.0915. The summed E-state index contributed by atoms with van der Waals surface area (Å²) in [5, 5.41) is 11.8. The Labute approximate surface area is 102 Å². The van der Waals surface area contributed by atoms with Crippen LogP contribution < -0.4 is 5.32 Å². The molecule has 1 aromatic rings. The third-order valence-electron chi connectivity index (χ3n) is 2.58. The number of ether oxygens (including phenoxy) is 1. The molecule has 0 saturated heterocycles.